The molecule has 2 N–H and O–H groups in total. The van der Waals surface area contributed by atoms with Crippen molar-refractivity contribution in [3.05, 3.63) is 70.3 Å². The predicted octanol–water partition coefficient (Wildman–Crippen LogP) is 3.16. The lowest BCUT2D eigenvalue weighted by Crippen LogP contribution is -2.45. The molecule has 174 valence electrons. The standard InChI is InChI=1S/C22H23FN3O6P/c1-2-24-14-17(22(28)29)21(27)16-12-18(23)20(13-19(16)24)25-8-10-26(11-9-25)33(30,31)32-15-6-4-3-5-7-15/h3-7,12-14H,2,8-11H2,1H3,(H,28,29)(H,30,31). The van der Waals surface area contributed by atoms with Gasteiger partial charge in [0.05, 0.1) is 11.2 Å². The van der Waals surface area contributed by atoms with Crippen molar-refractivity contribution in [2.75, 3.05) is 31.1 Å². The van der Waals surface area contributed by atoms with Crippen molar-refractivity contribution in [1.82, 2.24) is 9.24 Å². The van der Waals surface area contributed by atoms with E-state index >= 15 is 0 Å². The fourth-order valence-electron chi connectivity index (χ4n) is 3.92. The third kappa shape index (κ3) is 4.50. The Morgan fingerprint density at radius 2 is 1.82 bits per heavy atom. The second kappa shape index (κ2) is 8.97. The van der Waals surface area contributed by atoms with Gasteiger partial charge in [-0.05, 0) is 31.2 Å². The van der Waals surface area contributed by atoms with E-state index in [0.717, 1.165) is 6.07 Å². The van der Waals surface area contributed by atoms with Crippen LogP contribution in [0.3, 0.4) is 0 Å². The van der Waals surface area contributed by atoms with Crippen molar-refractivity contribution >= 4 is 30.3 Å². The van der Waals surface area contributed by atoms with Gasteiger partial charge in [0.25, 0.3) is 0 Å². The highest BCUT2D eigenvalue weighted by Gasteiger charge is 2.34. The minimum Gasteiger partial charge on any atom is -0.477 e. The molecule has 2 heterocycles. The molecule has 0 spiro atoms. The number of rotatable bonds is 6. The number of benzene rings is 2. The van der Waals surface area contributed by atoms with Gasteiger partial charge in [0.1, 0.15) is 17.1 Å². The molecule has 33 heavy (non-hydrogen) atoms. The van der Waals surface area contributed by atoms with E-state index in [0.29, 0.717) is 12.1 Å². The van der Waals surface area contributed by atoms with Crippen LogP contribution < -0.4 is 14.9 Å². The summed E-state index contributed by atoms with van der Waals surface area (Å²) in [7, 11) is -4.08. The van der Waals surface area contributed by atoms with Crippen molar-refractivity contribution in [1.29, 1.82) is 0 Å². The van der Waals surface area contributed by atoms with Gasteiger partial charge in [-0.25, -0.2) is 13.8 Å². The zero-order valence-corrected chi connectivity index (χ0v) is 18.7. The first-order chi connectivity index (χ1) is 15.7. The van der Waals surface area contributed by atoms with Crippen LogP contribution in [0.2, 0.25) is 0 Å². The number of anilines is 1. The number of carboxylic acid groups (broad SMARTS) is 1. The summed E-state index contributed by atoms with van der Waals surface area (Å²) in [5.74, 6) is -1.74. The number of hydrogen-bond donors (Lipinski definition) is 2. The Labute approximate surface area is 188 Å². The van der Waals surface area contributed by atoms with Gasteiger partial charge in [0, 0.05) is 44.3 Å². The molecule has 9 nitrogen and oxygen atoms in total. The molecule has 3 aromatic rings. The van der Waals surface area contributed by atoms with E-state index in [-0.39, 0.29) is 43.0 Å². The zero-order chi connectivity index (χ0) is 23.8. The average molecular weight is 475 g/mol. The van der Waals surface area contributed by atoms with E-state index in [1.165, 1.54) is 16.9 Å². The van der Waals surface area contributed by atoms with Crippen LogP contribution in [0.15, 0.2) is 53.5 Å². The largest absolute Gasteiger partial charge is 0.477 e. The first kappa shape index (κ1) is 23.0. The lowest BCUT2D eigenvalue weighted by atomic mass is 10.1. The smallest absolute Gasteiger partial charge is 0.458 e. The molecule has 1 saturated heterocycles. The predicted molar refractivity (Wildman–Crippen MR) is 121 cm³/mol. The van der Waals surface area contributed by atoms with Crippen LogP contribution in [0.4, 0.5) is 10.1 Å². The maximum atomic E-state index is 15.0. The fraction of sp³-hybridized carbons (Fsp3) is 0.273. The number of aryl methyl sites for hydroxylation is 1. The van der Waals surface area contributed by atoms with E-state index in [1.807, 2.05) is 0 Å². The third-order valence-electron chi connectivity index (χ3n) is 5.64. The Bertz CT molecular complexity index is 1300. The number of halogens is 1. The second-order valence-corrected chi connectivity index (χ2v) is 9.35. The first-order valence-corrected chi connectivity index (χ1v) is 11.9. The van der Waals surface area contributed by atoms with E-state index in [4.69, 9.17) is 4.52 Å². The van der Waals surface area contributed by atoms with Gasteiger partial charge in [-0.15, -0.1) is 0 Å². The van der Waals surface area contributed by atoms with Crippen molar-refractivity contribution in [3.8, 4) is 5.75 Å². The third-order valence-corrected chi connectivity index (χ3v) is 7.21. The molecule has 1 fully saturated rings. The van der Waals surface area contributed by atoms with Crippen molar-refractivity contribution < 1.29 is 28.3 Å². The van der Waals surface area contributed by atoms with Gasteiger partial charge in [0.2, 0.25) is 5.43 Å². The highest BCUT2D eigenvalue weighted by molar-refractivity contribution is 7.50. The Kier molecular flexibility index (Phi) is 6.25. The molecule has 0 radical (unpaired) electrons. The summed E-state index contributed by atoms with van der Waals surface area (Å²) in [6.45, 7) is 3.03. The molecular weight excluding hydrogens is 452 g/mol. The minimum atomic E-state index is -4.08. The molecule has 1 unspecified atom stereocenters. The summed E-state index contributed by atoms with van der Waals surface area (Å²) in [6, 6.07) is 10.9. The number of nitrogens with zero attached hydrogens (tertiary/aromatic N) is 3. The Balaban J connectivity index is 1.59. The number of carbonyl (C=O) groups is 1. The van der Waals surface area contributed by atoms with E-state index in [9.17, 15) is 28.5 Å². The lowest BCUT2D eigenvalue weighted by Gasteiger charge is -2.37. The van der Waals surface area contributed by atoms with Crippen LogP contribution in [0.5, 0.6) is 5.75 Å². The number of carboxylic acids is 1. The van der Waals surface area contributed by atoms with Crippen molar-refractivity contribution in [3.63, 3.8) is 0 Å². The Morgan fingerprint density at radius 3 is 2.42 bits per heavy atom. The van der Waals surface area contributed by atoms with Crippen molar-refractivity contribution in [2.45, 2.75) is 13.5 Å². The summed E-state index contributed by atoms with van der Waals surface area (Å²) >= 11 is 0. The van der Waals surface area contributed by atoms with E-state index < -0.39 is 30.5 Å². The molecule has 1 aromatic heterocycles. The van der Waals surface area contributed by atoms with Gasteiger partial charge in [-0.1, -0.05) is 18.2 Å². The fourth-order valence-corrected chi connectivity index (χ4v) is 5.12. The highest BCUT2D eigenvalue weighted by Crippen LogP contribution is 2.47. The van der Waals surface area contributed by atoms with Crippen LogP contribution in [-0.4, -0.2) is 51.4 Å². The van der Waals surface area contributed by atoms with E-state index in [2.05, 4.69) is 0 Å². The van der Waals surface area contributed by atoms with Crippen molar-refractivity contribution in [2.24, 2.45) is 0 Å². The Hall–Kier alpha value is -3.20. The maximum absolute atomic E-state index is 15.0. The quantitative estimate of drug-likeness (QED) is 0.523. The molecule has 0 aliphatic carbocycles. The van der Waals surface area contributed by atoms with Crippen LogP contribution in [0.25, 0.3) is 10.9 Å². The molecule has 4 rings (SSSR count). The van der Waals surface area contributed by atoms with Gasteiger partial charge in [-0.2, -0.15) is 4.67 Å². The molecular formula is C22H23FN3O6P. The molecule has 1 aliphatic rings. The van der Waals surface area contributed by atoms with Gasteiger partial charge < -0.3 is 24.0 Å². The summed E-state index contributed by atoms with van der Waals surface area (Å²) < 4.78 is 35.9. The monoisotopic (exact) mass is 475 g/mol. The minimum absolute atomic E-state index is 0.00671. The summed E-state index contributed by atoms with van der Waals surface area (Å²) in [4.78, 5) is 36.0. The molecule has 0 bridgehead atoms. The molecule has 0 saturated carbocycles. The topological polar surface area (TPSA) is 112 Å². The second-order valence-electron chi connectivity index (χ2n) is 7.62. The Morgan fingerprint density at radius 1 is 1.15 bits per heavy atom. The molecule has 2 aromatic carbocycles. The lowest BCUT2D eigenvalue weighted by molar-refractivity contribution is 0.0694. The van der Waals surface area contributed by atoms with Crippen LogP contribution in [-0.2, 0) is 11.1 Å². The number of hydrogen-bond acceptors (Lipinski definition) is 5. The van der Waals surface area contributed by atoms with Crippen LogP contribution in [0.1, 0.15) is 17.3 Å². The van der Waals surface area contributed by atoms with Crippen LogP contribution >= 0.6 is 7.75 Å². The van der Waals surface area contributed by atoms with Crippen LogP contribution in [0, 0.1) is 5.82 Å². The summed E-state index contributed by atoms with van der Waals surface area (Å²) in [6.07, 6.45) is 1.26. The number of piperazine rings is 1. The van der Waals surface area contributed by atoms with Gasteiger partial charge >= 0.3 is 13.7 Å². The van der Waals surface area contributed by atoms with Gasteiger partial charge in [0.15, 0.2) is 0 Å². The number of fused-ring (bicyclic) bond motifs is 1. The van der Waals surface area contributed by atoms with E-state index in [1.54, 1.807) is 46.7 Å². The molecule has 11 heteroatoms. The SMILES string of the molecule is CCn1cc(C(=O)O)c(=O)c2cc(F)c(N3CCN(P(=O)(O)Oc4ccccc4)CC3)cc21. The summed E-state index contributed by atoms with van der Waals surface area (Å²) in [5, 5.41) is 9.28. The summed E-state index contributed by atoms with van der Waals surface area (Å²) in [5.41, 5.74) is -0.492. The number of aromatic carboxylic acids is 1. The molecule has 0 amide bonds. The normalized spacial score (nSPS) is 16.5. The number of para-hydroxylation sites is 1. The number of pyridine rings is 1. The highest BCUT2D eigenvalue weighted by atomic mass is 31.2. The average Bonchev–Trinajstić information content (AvgIpc) is 2.79. The molecule has 1 atom stereocenters. The van der Waals surface area contributed by atoms with Gasteiger partial charge in [-0.3, -0.25) is 4.79 Å². The first-order valence-electron chi connectivity index (χ1n) is 10.4. The molecule has 1 aliphatic heterocycles. The number of aromatic nitrogens is 1. The zero-order valence-electron chi connectivity index (χ0n) is 17.8. The maximum Gasteiger partial charge on any atom is 0.458 e.